The van der Waals surface area contributed by atoms with Gasteiger partial charge in [0.2, 0.25) is 0 Å². The van der Waals surface area contributed by atoms with Crippen LogP contribution in [0.3, 0.4) is 0 Å². The third-order valence-corrected chi connectivity index (χ3v) is 2.52. The van der Waals surface area contributed by atoms with Gasteiger partial charge in [-0.05, 0) is 12.1 Å². The normalized spacial score (nSPS) is 11.8. The Morgan fingerprint density at radius 3 is 2.63 bits per heavy atom. The molecule has 0 aliphatic heterocycles. The molecule has 2 rings (SSSR count). The zero-order valence-corrected chi connectivity index (χ0v) is 9.91. The molecule has 0 saturated carbocycles. The Kier molecular flexibility index (Phi) is 3.87. The highest BCUT2D eigenvalue weighted by atomic mass is 16.4. The fraction of sp³-hybridized carbons (Fsp3) is 0.167. The Balaban J connectivity index is 2.05. The number of nitrogens with zero attached hydrogens (tertiary/aromatic N) is 2. The van der Waals surface area contributed by atoms with Crippen LogP contribution in [0.4, 0.5) is 0 Å². The topological polar surface area (TPSA) is 108 Å². The van der Waals surface area contributed by atoms with Crippen molar-refractivity contribution >= 4 is 11.9 Å². The Hall–Kier alpha value is -2.70. The molecule has 1 amide bonds. The van der Waals surface area contributed by atoms with Crippen LogP contribution in [0.2, 0.25) is 0 Å². The lowest BCUT2D eigenvalue weighted by atomic mass is 10.1. The van der Waals surface area contributed by atoms with Crippen LogP contribution in [0.5, 0.6) is 0 Å². The molecule has 2 heterocycles. The van der Waals surface area contributed by atoms with E-state index in [2.05, 4.69) is 20.3 Å². The third kappa shape index (κ3) is 3.38. The van der Waals surface area contributed by atoms with Crippen molar-refractivity contribution in [3.63, 3.8) is 0 Å². The van der Waals surface area contributed by atoms with Gasteiger partial charge in [0, 0.05) is 36.3 Å². The summed E-state index contributed by atoms with van der Waals surface area (Å²) in [5.41, 5.74) is 1.01. The molecule has 98 valence electrons. The van der Waals surface area contributed by atoms with Crippen LogP contribution in [-0.2, 0) is 11.2 Å². The number of aromatic amines is 1. The molecule has 19 heavy (non-hydrogen) atoms. The molecule has 0 aromatic carbocycles. The van der Waals surface area contributed by atoms with Gasteiger partial charge in [0.25, 0.3) is 5.91 Å². The smallest absolute Gasteiger partial charge is 0.326 e. The number of carbonyl (C=O) groups excluding carboxylic acids is 1. The Bertz CT molecular complexity index is 554. The number of aromatic nitrogens is 3. The molecule has 0 fully saturated rings. The van der Waals surface area contributed by atoms with Gasteiger partial charge < -0.3 is 15.4 Å². The SMILES string of the molecule is O=C(N[C@@H](Cc1cnc[nH]1)C(=O)O)c1ccncc1. The van der Waals surface area contributed by atoms with Gasteiger partial charge in [-0.1, -0.05) is 0 Å². The molecular formula is C12H12N4O3. The number of H-pyrrole nitrogens is 1. The molecule has 0 spiro atoms. The number of carbonyl (C=O) groups is 2. The number of pyridine rings is 1. The first-order valence-electron chi connectivity index (χ1n) is 5.58. The van der Waals surface area contributed by atoms with Crippen molar-refractivity contribution in [2.24, 2.45) is 0 Å². The second-order valence-corrected chi connectivity index (χ2v) is 3.88. The molecule has 2 aromatic rings. The first kappa shape index (κ1) is 12.7. The van der Waals surface area contributed by atoms with Crippen molar-refractivity contribution in [1.82, 2.24) is 20.3 Å². The standard InChI is InChI=1S/C12H12N4O3/c17-11(8-1-3-13-4-2-8)16-10(12(18)19)5-9-6-14-7-15-9/h1-4,6-7,10H,5H2,(H,14,15)(H,16,17)(H,18,19)/t10-/m0/s1. The minimum atomic E-state index is -1.10. The van der Waals surface area contributed by atoms with E-state index < -0.39 is 17.9 Å². The number of rotatable bonds is 5. The average Bonchev–Trinajstić information content (AvgIpc) is 2.91. The summed E-state index contributed by atoms with van der Waals surface area (Å²) >= 11 is 0. The van der Waals surface area contributed by atoms with E-state index in [1.54, 1.807) is 0 Å². The van der Waals surface area contributed by atoms with Gasteiger partial charge in [-0.2, -0.15) is 0 Å². The number of carboxylic acids is 1. The summed E-state index contributed by atoms with van der Waals surface area (Å²) in [4.78, 5) is 33.4. The number of aliphatic carboxylic acids is 1. The first-order chi connectivity index (χ1) is 9.16. The summed E-state index contributed by atoms with van der Waals surface area (Å²) in [6.45, 7) is 0. The second-order valence-electron chi connectivity index (χ2n) is 3.88. The van der Waals surface area contributed by atoms with Crippen molar-refractivity contribution in [3.05, 3.63) is 48.3 Å². The van der Waals surface area contributed by atoms with Gasteiger partial charge in [-0.3, -0.25) is 9.78 Å². The number of hydrogen-bond acceptors (Lipinski definition) is 4. The van der Waals surface area contributed by atoms with Crippen molar-refractivity contribution < 1.29 is 14.7 Å². The zero-order chi connectivity index (χ0) is 13.7. The predicted molar refractivity (Wildman–Crippen MR) is 65.4 cm³/mol. The fourth-order valence-electron chi connectivity index (χ4n) is 1.56. The van der Waals surface area contributed by atoms with Crippen LogP contribution < -0.4 is 5.32 Å². The van der Waals surface area contributed by atoms with E-state index in [-0.39, 0.29) is 6.42 Å². The summed E-state index contributed by atoms with van der Waals surface area (Å²) in [5.74, 6) is -1.55. The quantitative estimate of drug-likeness (QED) is 0.713. The highest BCUT2D eigenvalue weighted by Crippen LogP contribution is 2.02. The maximum absolute atomic E-state index is 11.9. The highest BCUT2D eigenvalue weighted by molar-refractivity contribution is 5.96. The molecule has 0 unspecified atom stereocenters. The van der Waals surface area contributed by atoms with Gasteiger partial charge in [-0.25, -0.2) is 9.78 Å². The lowest BCUT2D eigenvalue weighted by Crippen LogP contribution is -2.42. The average molecular weight is 260 g/mol. The summed E-state index contributed by atoms with van der Waals surface area (Å²) in [5, 5.41) is 11.6. The fourth-order valence-corrected chi connectivity index (χ4v) is 1.56. The zero-order valence-electron chi connectivity index (χ0n) is 9.91. The molecule has 0 radical (unpaired) electrons. The predicted octanol–water partition coefficient (Wildman–Crippen LogP) is 0.230. The minimum absolute atomic E-state index is 0.145. The van der Waals surface area contributed by atoms with Gasteiger partial charge >= 0.3 is 5.97 Å². The molecule has 7 nitrogen and oxygen atoms in total. The molecular weight excluding hydrogens is 248 g/mol. The number of imidazole rings is 1. The maximum Gasteiger partial charge on any atom is 0.326 e. The highest BCUT2D eigenvalue weighted by Gasteiger charge is 2.21. The number of hydrogen-bond donors (Lipinski definition) is 3. The first-order valence-corrected chi connectivity index (χ1v) is 5.58. The molecule has 7 heteroatoms. The van der Waals surface area contributed by atoms with E-state index in [1.165, 1.54) is 37.1 Å². The van der Waals surface area contributed by atoms with E-state index in [0.29, 0.717) is 11.3 Å². The van der Waals surface area contributed by atoms with Crippen LogP contribution in [0.1, 0.15) is 16.1 Å². The number of nitrogens with one attached hydrogen (secondary N) is 2. The summed E-state index contributed by atoms with van der Waals surface area (Å²) in [7, 11) is 0. The number of carboxylic acid groups (broad SMARTS) is 1. The molecule has 0 aliphatic rings. The lowest BCUT2D eigenvalue weighted by Gasteiger charge is -2.13. The third-order valence-electron chi connectivity index (χ3n) is 2.52. The Morgan fingerprint density at radius 2 is 2.05 bits per heavy atom. The van der Waals surface area contributed by atoms with E-state index in [0.717, 1.165) is 0 Å². The van der Waals surface area contributed by atoms with E-state index >= 15 is 0 Å². The Morgan fingerprint density at radius 1 is 1.32 bits per heavy atom. The largest absolute Gasteiger partial charge is 0.480 e. The molecule has 2 aromatic heterocycles. The van der Waals surface area contributed by atoms with Crippen molar-refractivity contribution in [2.75, 3.05) is 0 Å². The van der Waals surface area contributed by atoms with Gasteiger partial charge in [0.1, 0.15) is 6.04 Å². The van der Waals surface area contributed by atoms with Gasteiger partial charge in [0.05, 0.1) is 6.33 Å². The summed E-state index contributed by atoms with van der Waals surface area (Å²) < 4.78 is 0. The van der Waals surface area contributed by atoms with Crippen LogP contribution >= 0.6 is 0 Å². The monoisotopic (exact) mass is 260 g/mol. The maximum atomic E-state index is 11.9. The minimum Gasteiger partial charge on any atom is -0.480 e. The van der Waals surface area contributed by atoms with Crippen LogP contribution in [0.15, 0.2) is 37.1 Å². The van der Waals surface area contributed by atoms with Crippen LogP contribution in [-0.4, -0.2) is 38.0 Å². The van der Waals surface area contributed by atoms with Crippen molar-refractivity contribution in [2.45, 2.75) is 12.5 Å². The van der Waals surface area contributed by atoms with Crippen LogP contribution in [0, 0.1) is 0 Å². The number of amides is 1. The molecule has 3 N–H and O–H groups in total. The van der Waals surface area contributed by atoms with Gasteiger partial charge in [-0.15, -0.1) is 0 Å². The summed E-state index contributed by atoms with van der Waals surface area (Å²) in [6, 6.07) is 2.02. The van der Waals surface area contributed by atoms with E-state index in [4.69, 9.17) is 5.11 Å². The summed E-state index contributed by atoms with van der Waals surface area (Å²) in [6.07, 6.45) is 6.07. The van der Waals surface area contributed by atoms with Gasteiger partial charge in [0.15, 0.2) is 0 Å². The lowest BCUT2D eigenvalue weighted by molar-refractivity contribution is -0.139. The van der Waals surface area contributed by atoms with Crippen molar-refractivity contribution in [1.29, 1.82) is 0 Å². The van der Waals surface area contributed by atoms with Crippen LogP contribution in [0.25, 0.3) is 0 Å². The molecule has 0 aliphatic carbocycles. The van der Waals surface area contributed by atoms with E-state index in [9.17, 15) is 9.59 Å². The van der Waals surface area contributed by atoms with E-state index in [1.807, 2.05) is 0 Å². The molecule has 0 bridgehead atoms. The van der Waals surface area contributed by atoms with Crippen molar-refractivity contribution in [3.8, 4) is 0 Å². The Labute approximate surface area is 108 Å². The molecule has 1 atom stereocenters. The molecule has 0 saturated heterocycles. The second kappa shape index (κ2) is 5.76.